The average Bonchev–Trinajstić information content (AvgIpc) is 3.70. The van der Waals surface area contributed by atoms with Crippen LogP contribution in [0.5, 0.6) is 0 Å². The summed E-state index contributed by atoms with van der Waals surface area (Å²) < 4.78 is 14.7. The van der Waals surface area contributed by atoms with Gasteiger partial charge in [-0.3, -0.25) is 9.59 Å². The van der Waals surface area contributed by atoms with E-state index in [1.165, 1.54) is 0 Å². The summed E-state index contributed by atoms with van der Waals surface area (Å²) in [5, 5.41) is 7.23. The molecule has 12 heteroatoms. The smallest absolute Gasteiger partial charge is 0.255 e. The van der Waals surface area contributed by atoms with Crippen LogP contribution < -0.4 is 10.6 Å². The molecule has 0 aliphatic heterocycles. The Kier molecular flexibility index (Phi) is 11.9. The van der Waals surface area contributed by atoms with Crippen LogP contribution in [0.1, 0.15) is 111 Å². The van der Waals surface area contributed by atoms with Gasteiger partial charge in [0, 0.05) is 49.1 Å². The second kappa shape index (κ2) is 15.6. The number of rotatable bonds is 8. The standard InChI is InChI=1S/2C19H26ClN3O2/c2*1-12-11-16(20)21-17-15(9-10-23(12)17)18(24)22-19(2,3)13-5-7-14(25-4)8-6-13/h2*9-11,13-14H,5-8H2,1-4H3,(H,22,24). The fourth-order valence-electron chi connectivity index (χ4n) is 7.71. The Bertz CT molecular complexity index is 1680. The van der Waals surface area contributed by atoms with Crippen LogP contribution in [0.4, 0.5) is 0 Å². The molecule has 0 saturated heterocycles. The highest BCUT2D eigenvalue weighted by Crippen LogP contribution is 2.35. The third-order valence-electron chi connectivity index (χ3n) is 11.0. The molecule has 0 atom stereocenters. The number of fused-ring (bicyclic) bond motifs is 2. The number of carbonyl (C=O) groups excluding carboxylic acids is 2. The molecule has 6 rings (SSSR count). The zero-order chi connectivity index (χ0) is 36.4. The maximum Gasteiger partial charge on any atom is 0.255 e. The van der Waals surface area contributed by atoms with E-state index >= 15 is 0 Å². The lowest BCUT2D eigenvalue weighted by molar-refractivity contribution is 0.0393. The number of aromatic nitrogens is 4. The molecule has 10 nitrogen and oxygen atoms in total. The lowest BCUT2D eigenvalue weighted by Gasteiger charge is -2.39. The molecule has 2 N–H and O–H groups in total. The number of ether oxygens (including phenoxy) is 2. The molecule has 4 heterocycles. The third-order valence-corrected chi connectivity index (χ3v) is 11.4. The summed E-state index contributed by atoms with van der Waals surface area (Å²) in [5.74, 6) is 0.677. The van der Waals surface area contributed by atoms with Crippen molar-refractivity contribution >= 4 is 46.3 Å². The molecule has 50 heavy (non-hydrogen) atoms. The minimum atomic E-state index is -0.280. The lowest BCUT2D eigenvalue weighted by atomic mass is 9.75. The Balaban J connectivity index is 0.000000194. The van der Waals surface area contributed by atoms with Gasteiger partial charge in [0.15, 0.2) is 11.3 Å². The minimum Gasteiger partial charge on any atom is -0.381 e. The fraction of sp³-hybridized carbons (Fsp3) is 0.579. The number of hydrogen-bond donors (Lipinski definition) is 2. The zero-order valence-electron chi connectivity index (χ0n) is 30.6. The lowest BCUT2D eigenvalue weighted by Crippen LogP contribution is -2.50. The predicted molar refractivity (Wildman–Crippen MR) is 198 cm³/mol. The molecule has 0 spiro atoms. The zero-order valence-corrected chi connectivity index (χ0v) is 32.1. The van der Waals surface area contributed by atoms with Crippen LogP contribution in [0.15, 0.2) is 36.7 Å². The molecule has 2 aliphatic rings. The number of carbonyl (C=O) groups is 2. The van der Waals surface area contributed by atoms with Crippen molar-refractivity contribution in [1.29, 1.82) is 0 Å². The van der Waals surface area contributed by atoms with E-state index in [1.807, 2.05) is 35.0 Å². The van der Waals surface area contributed by atoms with Gasteiger partial charge < -0.3 is 28.9 Å². The quantitative estimate of drug-likeness (QED) is 0.178. The Morgan fingerprint density at radius 2 is 1.02 bits per heavy atom. The molecule has 0 bridgehead atoms. The Labute approximate surface area is 305 Å². The fourth-order valence-corrected chi connectivity index (χ4v) is 8.19. The van der Waals surface area contributed by atoms with Crippen molar-refractivity contribution in [3.63, 3.8) is 0 Å². The summed E-state index contributed by atoms with van der Waals surface area (Å²) in [5.41, 5.74) is 3.66. The Morgan fingerprint density at radius 3 is 1.34 bits per heavy atom. The number of nitrogens with zero attached hydrogens (tertiary/aromatic N) is 4. The summed E-state index contributed by atoms with van der Waals surface area (Å²) >= 11 is 12.1. The first-order valence-electron chi connectivity index (χ1n) is 17.6. The number of halogens is 2. The van der Waals surface area contributed by atoms with Gasteiger partial charge in [-0.1, -0.05) is 23.2 Å². The summed E-state index contributed by atoms with van der Waals surface area (Å²) in [6, 6.07) is 7.18. The maximum absolute atomic E-state index is 12.9. The van der Waals surface area contributed by atoms with Crippen molar-refractivity contribution in [2.24, 2.45) is 11.8 Å². The van der Waals surface area contributed by atoms with Gasteiger partial charge in [-0.2, -0.15) is 0 Å². The van der Waals surface area contributed by atoms with Crippen molar-refractivity contribution in [3.8, 4) is 0 Å². The molecule has 0 radical (unpaired) electrons. The van der Waals surface area contributed by atoms with E-state index in [1.54, 1.807) is 38.5 Å². The van der Waals surface area contributed by atoms with E-state index in [-0.39, 0.29) is 22.9 Å². The van der Waals surface area contributed by atoms with Crippen LogP contribution in [0.2, 0.25) is 10.3 Å². The SMILES string of the molecule is COC1CCC(C(C)(C)NC(=O)c2ccn3c(C)cc(Cl)nc23)CC1.COC1CCC(C(C)(C)NC(=O)c2ccn3c(C)cc(Cl)nc23)CC1. The minimum absolute atomic E-state index is 0.101. The van der Waals surface area contributed by atoms with Gasteiger partial charge in [-0.15, -0.1) is 0 Å². The number of aryl methyl sites for hydroxylation is 2. The highest BCUT2D eigenvalue weighted by Gasteiger charge is 2.36. The first kappa shape index (κ1) is 38.1. The summed E-state index contributed by atoms with van der Waals surface area (Å²) in [4.78, 5) is 34.4. The highest BCUT2D eigenvalue weighted by atomic mass is 35.5. The second-order valence-electron chi connectivity index (χ2n) is 15.1. The molecule has 2 fully saturated rings. The topological polar surface area (TPSA) is 111 Å². The third kappa shape index (κ3) is 8.47. The normalized spacial score (nSPS) is 21.5. The number of nitrogens with one attached hydrogen (secondary N) is 2. The van der Waals surface area contributed by atoms with Gasteiger partial charge in [-0.05, 0) is 129 Å². The summed E-state index contributed by atoms with van der Waals surface area (Å²) in [6.07, 6.45) is 12.9. The van der Waals surface area contributed by atoms with Crippen molar-refractivity contribution in [3.05, 3.63) is 69.5 Å². The molecule has 2 aliphatic carbocycles. The molecule has 0 aromatic carbocycles. The van der Waals surface area contributed by atoms with Crippen LogP contribution in [-0.4, -0.2) is 68.1 Å². The summed E-state index contributed by atoms with van der Waals surface area (Å²) in [6.45, 7) is 12.3. The summed E-state index contributed by atoms with van der Waals surface area (Å²) in [7, 11) is 3.55. The van der Waals surface area contributed by atoms with E-state index in [0.29, 0.717) is 56.8 Å². The van der Waals surface area contributed by atoms with Crippen molar-refractivity contribution in [2.45, 2.75) is 116 Å². The van der Waals surface area contributed by atoms with Gasteiger partial charge >= 0.3 is 0 Å². The van der Waals surface area contributed by atoms with Crippen LogP contribution in [0.3, 0.4) is 0 Å². The molecule has 4 aromatic heterocycles. The molecule has 4 aromatic rings. The van der Waals surface area contributed by atoms with Crippen LogP contribution in [0, 0.1) is 25.7 Å². The first-order valence-corrected chi connectivity index (χ1v) is 18.4. The predicted octanol–water partition coefficient (Wildman–Crippen LogP) is 8.02. The molecular formula is C38H52Cl2N6O4. The maximum atomic E-state index is 12.9. The van der Waals surface area contributed by atoms with Crippen molar-refractivity contribution in [2.75, 3.05) is 14.2 Å². The molecule has 272 valence electrons. The molecule has 2 saturated carbocycles. The molecule has 2 amide bonds. The van der Waals surface area contributed by atoms with E-state index in [9.17, 15) is 9.59 Å². The Morgan fingerprint density at radius 1 is 0.680 bits per heavy atom. The van der Waals surface area contributed by atoms with Gasteiger partial charge in [0.25, 0.3) is 11.8 Å². The van der Waals surface area contributed by atoms with E-state index < -0.39 is 0 Å². The molecule has 0 unspecified atom stereocenters. The van der Waals surface area contributed by atoms with Gasteiger partial charge in [0.05, 0.1) is 23.3 Å². The van der Waals surface area contributed by atoms with Crippen LogP contribution in [-0.2, 0) is 9.47 Å². The van der Waals surface area contributed by atoms with Crippen LogP contribution in [0.25, 0.3) is 11.3 Å². The first-order chi connectivity index (χ1) is 23.6. The van der Waals surface area contributed by atoms with Crippen molar-refractivity contribution in [1.82, 2.24) is 29.4 Å². The van der Waals surface area contributed by atoms with Crippen molar-refractivity contribution < 1.29 is 19.1 Å². The van der Waals surface area contributed by atoms with E-state index in [0.717, 1.165) is 62.8 Å². The second-order valence-corrected chi connectivity index (χ2v) is 15.8. The van der Waals surface area contributed by atoms with Gasteiger partial charge in [0.1, 0.15) is 10.3 Å². The Hall–Kier alpha value is -3.18. The molecular weight excluding hydrogens is 675 g/mol. The number of amides is 2. The van der Waals surface area contributed by atoms with Gasteiger partial charge in [0.2, 0.25) is 0 Å². The largest absolute Gasteiger partial charge is 0.381 e. The monoisotopic (exact) mass is 726 g/mol. The van der Waals surface area contributed by atoms with Gasteiger partial charge in [-0.25, -0.2) is 9.97 Å². The number of methoxy groups -OCH3 is 2. The van der Waals surface area contributed by atoms with Crippen LogP contribution >= 0.6 is 23.2 Å². The average molecular weight is 728 g/mol. The van der Waals surface area contributed by atoms with E-state index in [2.05, 4.69) is 48.3 Å². The number of hydrogen-bond acceptors (Lipinski definition) is 6. The highest BCUT2D eigenvalue weighted by molar-refractivity contribution is 6.30. The van der Waals surface area contributed by atoms with E-state index in [4.69, 9.17) is 32.7 Å².